The summed E-state index contributed by atoms with van der Waals surface area (Å²) in [6, 6.07) is 16.6. The van der Waals surface area contributed by atoms with Gasteiger partial charge in [0.1, 0.15) is 12.3 Å². The van der Waals surface area contributed by atoms with Crippen LogP contribution in [0.4, 0.5) is 8.78 Å². The molecule has 1 aliphatic carbocycles. The number of alkyl halides is 2. The molecule has 194 valence electrons. The molecule has 1 fully saturated rings. The second-order valence-electron chi connectivity index (χ2n) is 9.30. The van der Waals surface area contributed by atoms with E-state index in [0.717, 1.165) is 4.68 Å². The first kappa shape index (κ1) is 24.4. The van der Waals surface area contributed by atoms with Crippen molar-refractivity contribution in [3.05, 3.63) is 81.6 Å². The number of carbonyl (C=O) groups is 1. The molecule has 0 unspecified atom stereocenters. The topological polar surface area (TPSA) is 79.7 Å². The lowest BCUT2D eigenvalue weighted by molar-refractivity contribution is -0.286. The smallest absolute Gasteiger partial charge is 0.494 e. The van der Waals surface area contributed by atoms with Gasteiger partial charge in [-0.3, -0.25) is 9.59 Å². The molecule has 0 N–H and O–H groups in total. The van der Waals surface area contributed by atoms with Crippen molar-refractivity contribution >= 4 is 28.2 Å². The molecule has 0 radical (unpaired) electrons. The predicted octanol–water partition coefficient (Wildman–Crippen LogP) is 5.74. The highest BCUT2D eigenvalue weighted by atomic mass is 35.5. The fraction of sp³-hybridized carbons (Fsp3) is 0.250. The summed E-state index contributed by atoms with van der Waals surface area (Å²) in [5.41, 5.74) is 0.348. The first-order chi connectivity index (χ1) is 18.2. The second kappa shape index (κ2) is 8.80. The van der Waals surface area contributed by atoms with Crippen LogP contribution in [0.1, 0.15) is 25.3 Å². The van der Waals surface area contributed by atoms with Crippen LogP contribution in [-0.2, 0) is 16.8 Å². The summed E-state index contributed by atoms with van der Waals surface area (Å²) in [4.78, 5) is 27.1. The number of halogens is 3. The van der Waals surface area contributed by atoms with Crippen LogP contribution in [0.2, 0.25) is 5.02 Å². The number of fused-ring (bicyclic) bond motifs is 2. The molecule has 7 nitrogen and oxygen atoms in total. The first-order valence-electron chi connectivity index (χ1n) is 12.1. The molecule has 0 atom stereocenters. The van der Waals surface area contributed by atoms with Gasteiger partial charge < -0.3 is 14.2 Å². The lowest BCUT2D eigenvalue weighted by Gasteiger charge is -2.17. The summed E-state index contributed by atoms with van der Waals surface area (Å²) >= 11 is 6.23. The summed E-state index contributed by atoms with van der Waals surface area (Å²) < 4.78 is 42.8. The van der Waals surface area contributed by atoms with Crippen molar-refractivity contribution in [2.45, 2.75) is 38.0 Å². The average molecular weight is 539 g/mol. The van der Waals surface area contributed by atoms with Crippen LogP contribution in [0.25, 0.3) is 22.0 Å². The summed E-state index contributed by atoms with van der Waals surface area (Å²) in [5.74, 6) is 0.0501. The Labute approximate surface area is 220 Å². The Balaban J connectivity index is 1.41. The van der Waals surface area contributed by atoms with Gasteiger partial charge >= 0.3 is 6.29 Å². The van der Waals surface area contributed by atoms with E-state index in [4.69, 9.17) is 16.3 Å². The number of ketones is 1. The lowest BCUT2D eigenvalue weighted by Crippen LogP contribution is -2.32. The first-order valence-corrected chi connectivity index (χ1v) is 12.4. The van der Waals surface area contributed by atoms with Gasteiger partial charge in [0, 0.05) is 16.0 Å². The van der Waals surface area contributed by atoms with Gasteiger partial charge in [-0.15, -0.1) is 8.78 Å². The molecule has 10 heteroatoms. The Morgan fingerprint density at radius 1 is 1.05 bits per heavy atom. The molecule has 0 spiro atoms. The van der Waals surface area contributed by atoms with E-state index >= 15 is 0 Å². The molecule has 1 aliphatic heterocycles. The largest absolute Gasteiger partial charge is 0.586 e. The molecule has 2 aliphatic rings. The van der Waals surface area contributed by atoms with Crippen molar-refractivity contribution in [3.63, 3.8) is 0 Å². The van der Waals surface area contributed by atoms with Gasteiger partial charge in [-0.05, 0) is 67.8 Å². The molecule has 6 rings (SSSR count). The highest BCUT2D eigenvalue weighted by molar-refractivity contribution is 6.30. The average Bonchev–Trinajstić information content (AvgIpc) is 3.63. The Bertz CT molecular complexity index is 1670. The van der Waals surface area contributed by atoms with Crippen LogP contribution in [0.15, 0.2) is 65.5 Å². The van der Waals surface area contributed by atoms with Crippen LogP contribution < -0.4 is 19.8 Å². The zero-order valence-corrected chi connectivity index (χ0v) is 20.9. The van der Waals surface area contributed by atoms with Crippen LogP contribution >= 0.6 is 11.6 Å². The second-order valence-corrected chi connectivity index (χ2v) is 9.73. The molecule has 4 aromatic rings. The van der Waals surface area contributed by atoms with Crippen LogP contribution in [0.5, 0.6) is 17.2 Å². The number of nitrogens with zero attached hydrogens (tertiary/aromatic N) is 2. The van der Waals surface area contributed by atoms with Crippen molar-refractivity contribution < 1.29 is 27.8 Å². The third kappa shape index (κ3) is 4.16. The summed E-state index contributed by atoms with van der Waals surface area (Å²) in [5, 5.41) is 6.03. The summed E-state index contributed by atoms with van der Waals surface area (Å²) in [6.07, 6.45) is -2.72. The van der Waals surface area contributed by atoms with E-state index < -0.39 is 17.3 Å². The molecule has 38 heavy (non-hydrogen) atoms. The van der Waals surface area contributed by atoms with E-state index in [1.54, 1.807) is 42.5 Å². The number of ether oxygens (including phenoxy) is 3. The van der Waals surface area contributed by atoms with Gasteiger partial charge in [0.25, 0.3) is 5.56 Å². The summed E-state index contributed by atoms with van der Waals surface area (Å²) in [7, 11) is 0. The van der Waals surface area contributed by atoms with E-state index in [1.807, 2.05) is 13.0 Å². The zero-order valence-electron chi connectivity index (χ0n) is 20.2. The minimum atomic E-state index is -3.75. The Kier molecular flexibility index (Phi) is 5.64. The van der Waals surface area contributed by atoms with Crippen LogP contribution in [0.3, 0.4) is 0 Å². The maximum absolute atomic E-state index is 13.6. The standard InChI is InChI=1S/C28H21ClF2N2O5/c1-2-36-19-7-8-20-21(14-19)26(35)33(32-25(20)16-4-3-5-18(29)12-16)15-24(34)27(10-11-27)17-6-9-22-23(13-17)38-28(30,31)37-22/h3-9,12-14H,2,10-11,15H2,1H3. The number of Topliss-reactive ketones (excluding diaryl/α,β-unsaturated/α-hetero) is 1. The van der Waals surface area contributed by atoms with Gasteiger partial charge in [0.15, 0.2) is 17.3 Å². The highest BCUT2D eigenvalue weighted by Gasteiger charge is 2.52. The Morgan fingerprint density at radius 3 is 2.58 bits per heavy atom. The normalized spacial score (nSPS) is 16.4. The van der Waals surface area contributed by atoms with Gasteiger partial charge in [-0.25, -0.2) is 4.68 Å². The number of hydrogen-bond donors (Lipinski definition) is 0. The monoisotopic (exact) mass is 538 g/mol. The van der Waals surface area contributed by atoms with Crippen molar-refractivity contribution in [2.24, 2.45) is 0 Å². The van der Waals surface area contributed by atoms with E-state index in [0.29, 0.717) is 57.8 Å². The molecule has 1 aromatic heterocycles. The number of benzene rings is 3. The number of aromatic nitrogens is 2. The fourth-order valence-corrected chi connectivity index (χ4v) is 5.06. The molecule has 0 bridgehead atoms. The third-order valence-corrected chi connectivity index (χ3v) is 7.11. The molecule has 1 saturated carbocycles. The van der Waals surface area contributed by atoms with Crippen molar-refractivity contribution in [1.29, 1.82) is 0 Å². The van der Waals surface area contributed by atoms with Gasteiger partial charge in [-0.1, -0.05) is 29.8 Å². The summed E-state index contributed by atoms with van der Waals surface area (Å²) in [6.45, 7) is 1.97. The molecule has 0 saturated heterocycles. The molecular weight excluding hydrogens is 518 g/mol. The lowest BCUT2D eigenvalue weighted by atomic mass is 9.91. The molecular formula is C28H21ClF2N2O5. The van der Waals surface area contributed by atoms with Gasteiger partial charge in [-0.2, -0.15) is 5.10 Å². The van der Waals surface area contributed by atoms with E-state index in [-0.39, 0.29) is 23.8 Å². The predicted molar refractivity (Wildman–Crippen MR) is 136 cm³/mol. The number of hydrogen-bond acceptors (Lipinski definition) is 6. The minimum absolute atomic E-state index is 0.0920. The van der Waals surface area contributed by atoms with E-state index in [9.17, 15) is 18.4 Å². The van der Waals surface area contributed by atoms with E-state index in [1.165, 1.54) is 12.1 Å². The van der Waals surface area contributed by atoms with Crippen LogP contribution in [-0.4, -0.2) is 28.5 Å². The molecule has 3 aromatic carbocycles. The van der Waals surface area contributed by atoms with Crippen molar-refractivity contribution in [3.8, 4) is 28.5 Å². The molecule has 0 amide bonds. The minimum Gasteiger partial charge on any atom is -0.494 e. The zero-order chi connectivity index (χ0) is 26.7. The number of rotatable bonds is 7. The third-order valence-electron chi connectivity index (χ3n) is 6.87. The quantitative estimate of drug-likeness (QED) is 0.299. The highest BCUT2D eigenvalue weighted by Crippen LogP contribution is 2.52. The Morgan fingerprint density at radius 2 is 1.84 bits per heavy atom. The van der Waals surface area contributed by atoms with E-state index in [2.05, 4.69) is 14.6 Å². The maximum Gasteiger partial charge on any atom is 0.586 e. The molecule has 2 heterocycles. The van der Waals surface area contributed by atoms with Gasteiger partial charge in [0.05, 0.1) is 23.1 Å². The maximum atomic E-state index is 13.6. The van der Waals surface area contributed by atoms with Crippen LogP contribution in [0, 0.1) is 0 Å². The van der Waals surface area contributed by atoms with Gasteiger partial charge in [0.2, 0.25) is 0 Å². The van der Waals surface area contributed by atoms with Crippen molar-refractivity contribution in [2.75, 3.05) is 6.61 Å². The SMILES string of the molecule is CCOc1ccc2c(-c3cccc(Cl)c3)nn(CC(=O)C3(c4ccc5c(c4)OC(F)(F)O5)CC3)c(=O)c2c1. The fourth-order valence-electron chi connectivity index (χ4n) is 4.87. The number of carbonyl (C=O) groups excluding carboxylic acids is 1. The Hall–Kier alpha value is -3.98. The van der Waals surface area contributed by atoms with Crippen molar-refractivity contribution in [1.82, 2.24) is 9.78 Å².